The number of aromatic nitrogens is 2. The molecule has 1 heterocycles. The fourth-order valence-corrected chi connectivity index (χ4v) is 2.36. The molecule has 4 nitrogen and oxygen atoms in total. The molecule has 19 heavy (non-hydrogen) atoms. The number of nitrogens with zero attached hydrogens (tertiary/aromatic N) is 1. The summed E-state index contributed by atoms with van der Waals surface area (Å²) in [7, 11) is 0. The van der Waals surface area contributed by atoms with Crippen molar-refractivity contribution in [2.75, 3.05) is 0 Å². The molecule has 0 unspecified atom stereocenters. The Bertz CT molecular complexity index is 638. The van der Waals surface area contributed by atoms with Crippen molar-refractivity contribution in [3.05, 3.63) is 44.9 Å². The highest BCUT2D eigenvalue weighted by molar-refractivity contribution is 9.10. The Labute approximate surface area is 119 Å². The molecule has 1 aromatic carbocycles. The Balaban J connectivity index is 2.49. The van der Waals surface area contributed by atoms with E-state index in [0.717, 1.165) is 17.3 Å². The summed E-state index contributed by atoms with van der Waals surface area (Å²) in [4.78, 5) is 18.9. The van der Waals surface area contributed by atoms with Crippen LogP contribution in [0, 0.1) is 0 Å². The topological polar surface area (TPSA) is 66.0 Å². The quantitative estimate of drug-likeness (QED) is 0.908. The molecule has 0 bridgehead atoms. The predicted octanol–water partition coefficient (Wildman–Crippen LogP) is 3.25. The maximum Gasteiger partial charge on any atom is 0.262 e. The summed E-state index contributed by atoms with van der Waals surface area (Å²) in [6.45, 7) is 2.06. The van der Waals surface area contributed by atoms with Gasteiger partial charge in [0.2, 0.25) is 5.88 Å². The van der Waals surface area contributed by atoms with E-state index >= 15 is 0 Å². The van der Waals surface area contributed by atoms with Crippen LogP contribution < -0.4 is 5.56 Å². The van der Waals surface area contributed by atoms with Crippen LogP contribution in [0.4, 0.5) is 0 Å². The summed E-state index contributed by atoms with van der Waals surface area (Å²) in [5.41, 5.74) is 0.522. The molecule has 0 amide bonds. The van der Waals surface area contributed by atoms with Crippen LogP contribution in [0.1, 0.15) is 25.6 Å². The lowest BCUT2D eigenvalue weighted by atomic mass is 10.1. The molecule has 0 aliphatic rings. The van der Waals surface area contributed by atoms with Crippen molar-refractivity contribution in [1.82, 2.24) is 9.97 Å². The largest absolute Gasteiger partial charge is 0.493 e. The van der Waals surface area contributed by atoms with Crippen molar-refractivity contribution in [2.45, 2.75) is 26.2 Å². The summed E-state index contributed by atoms with van der Waals surface area (Å²) < 4.78 is 0.749. The number of H-pyrrole nitrogens is 1. The SMILES string of the molecule is CCCCc1nc(O)c(-c2ccccc2Br)c(=O)[nH]1. The van der Waals surface area contributed by atoms with E-state index in [1.165, 1.54) is 0 Å². The molecular weight excluding hydrogens is 308 g/mol. The van der Waals surface area contributed by atoms with Crippen molar-refractivity contribution in [3.8, 4) is 17.0 Å². The van der Waals surface area contributed by atoms with Crippen molar-refractivity contribution in [1.29, 1.82) is 0 Å². The van der Waals surface area contributed by atoms with E-state index in [1.807, 2.05) is 18.2 Å². The van der Waals surface area contributed by atoms with Crippen LogP contribution in [-0.2, 0) is 6.42 Å². The number of hydrogen-bond donors (Lipinski definition) is 2. The third-order valence-corrected chi connectivity index (χ3v) is 3.55. The fourth-order valence-electron chi connectivity index (χ4n) is 1.88. The smallest absolute Gasteiger partial charge is 0.262 e. The number of aryl methyl sites for hydroxylation is 1. The van der Waals surface area contributed by atoms with Gasteiger partial charge in [-0.1, -0.05) is 47.5 Å². The second kappa shape index (κ2) is 6.02. The first-order chi connectivity index (χ1) is 9.13. The standard InChI is InChI=1S/C14H15BrN2O2/c1-2-3-8-11-16-13(18)12(14(19)17-11)9-6-4-5-7-10(9)15/h4-7H,2-3,8H2,1H3,(H2,16,17,18,19). The molecule has 0 aliphatic carbocycles. The number of unbranched alkanes of at least 4 members (excludes halogenated alkanes) is 1. The molecule has 0 aliphatic heterocycles. The Morgan fingerprint density at radius 3 is 2.74 bits per heavy atom. The number of rotatable bonds is 4. The Morgan fingerprint density at radius 2 is 2.11 bits per heavy atom. The van der Waals surface area contributed by atoms with Crippen LogP contribution in [0.3, 0.4) is 0 Å². The van der Waals surface area contributed by atoms with Gasteiger partial charge < -0.3 is 10.1 Å². The first-order valence-electron chi connectivity index (χ1n) is 6.20. The summed E-state index contributed by atoms with van der Waals surface area (Å²) >= 11 is 3.37. The summed E-state index contributed by atoms with van der Waals surface area (Å²) in [5.74, 6) is 0.307. The molecule has 0 saturated heterocycles. The van der Waals surface area contributed by atoms with Gasteiger partial charge in [-0.3, -0.25) is 4.79 Å². The molecule has 2 aromatic rings. The van der Waals surface area contributed by atoms with Crippen molar-refractivity contribution in [3.63, 3.8) is 0 Å². The third-order valence-electron chi connectivity index (χ3n) is 2.86. The Hall–Kier alpha value is -1.62. The normalized spacial score (nSPS) is 10.6. The van der Waals surface area contributed by atoms with Gasteiger partial charge in [0.05, 0.1) is 0 Å². The van der Waals surface area contributed by atoms with Crippen LogP contribution in [0.5, 0.6) is 5.88 Å². The highest BCUT2D eigenvalue weighted by Gasteiger charge is 2.14. The van der Waals surface area contributed by atoms with Crippen molar-refractivity contribution in [2.24, 2.45) is 0 Å². The highest BCUT2D eigenvalue weighted by atomic mass is 79.9. The monoisotopic (exact) mass is 322 g/mol. The summed E-state index contributed by atoms with van der Waals surface area (Å²) in [6, 6.07) is 7.24. The molecule has 1 aromatic heterocycles. The Morgan fingerprint density at radius 1 is 1.37 bits per heavy atom. The second-order valence-electron chi connectivity index (χ2n) is 4.29. The second-order valence-corrected chi connectivity index (χ2v) is 5.15. The number of halogens is 1. The lowest BCUT2D eigenvalue weighted by molar-refractivity contribution is 0.449. The van der Waals surface area contributed by atoms with E-state index in [2.05, 4.69) is 32.8 Å². The van der Waals surface area contributed by atoms with E-state index < -0.39 is 0 Å². The molecular formula is C14H15BrN2O2. The maximum absolute atomic E-state index is 12.1. The third kappa shape index (κ3) is 3.04. The predicted molar refractivity (Wildman–Crippen MR) is 78.3 cm³/mol. The molecule has 0 saturated carbocycles. The minimum Gasteiger partial charge on any atom is -0.493 e. The van der Waals surface area contributed by atoms with Gasteiger partial charge in [-0.25, -0.2) is 0 Å². The zero-order valence-corrected chi connectivity index (χ0v) is 12.2. The number of nitrogens with one attached hydrogen (secondary N) is 1. The lowest BCUT2D eigenvalue weighted by Gasteiger charge is -2.07. The average Bonchev–Trinajstić information content (AvgIpc) is 2.38. The van der Waals surface area contributed by atoms with E-state index in [-0.39, 0.29) is 17.0 Å². The molecule has 100 valence electrons. The highest BCUT2D eigenvalue weighted by Crippen LogP contribution is 2.30. The van der Waals surface area contributed by atoms with Gasteiger partial charge in [-0.2, -0.15) is 4.98 Å². The van der Waals surface area contributed by atoms with Gasteiger partial charge in [-0.15, -0.1) is 0 Å². The summed E-state index contributed by atoms with van der Waals surface area (Å²) in [5, 5.41) is 10.00. The zero-order valence-electron chi connectivity index (χ0n) is 10.6. The average molecular weight is 323 g/mol. The lowest BCUT2D eigenvalue weighted by Crippen LogP contribution is -2.14. The number of hydrogen-bond acceptors (Lipinski definition) is 3. The minimum atomic E-state index is -0.314. The van der Waals surface area contributed by atoms with Gasteiger partial charge >= 0.3 is 0 Å². The van der Waals surface area contributed by atoms with Gasteiger partial charge in [-0.05, 0) is 12.5 Å². The minimum absolute atomic E-state index is 0.202. The molecule has 0 atom stereocenters. The molecule has 2 N–H and O–H groups in total. The number of aromatic hydroxyl groups is 1. The molecule has 0 fully saturated rings. The van der Waals surface area contributed by atoms with Gasteiger partial charge in [0.25, 0.3) is 5.56 Å². The molecule has 5 heteroatoms. The van der Waals surface area contributed by atoms with Crippen LogP contribution >= 0.6 is 15.9 Å². The Kier molecular flexibility index (Phi) is 4.37. The maximum atomic E-state index is 12.1. The van der Waals surface area contributed by atoms with Crippen molar-refractivity contribution >= 4 is 15.9 Å². The molecule has 2 rings (SSSR count). The van der Waals surface area contributed by atoms with Gasteiger partial charge in [0.1, 0.15) is 11.4 Å². The van der Waals surface area contributed by atoms with E-state index in [1.54, 1.807) is 6.07 Å². The van der Waals surface area contributed by atoms with Gasteiger partial charge in [0.15, 0.2) is 0 Å². The van der Waals surface area contributed by atoms with Gasteiger partial charge in [0, 0.05) is 16.5 Å². The van der Waals surface area contributed by atoms with E-state index in [4.69, 9.17) is 0 Å². The van der Waals surface area contributed by atoms with Crippen LogP contribution in [0.25, 0.3) is 11.1 Å². The molecule has 0 radical (unpaired) electrons. The first-order valence-corrected chi connectivity index (χ1v) is 6.99. The van der Waals surface area contributed by atoms with Crippen LogP contribution in [0.2, 0.25) is 0 Å². The van der Waals surface area contributed by atoms with E-state index in [9.17, 15) is 9.90 Å². The number of aromatic amines is 1. The van der Waals surface area contributed by atoms with Crippen LogP contribution in [0.15, 0.2) is 33.5 Å². The van der Waals surface area contributed by atoms with Crippen molar-refractivity contribution < 1.29 is 5.11 Å². The fraction of sp³-hybridized carbons (Fsp3) is 0.286. The first kappa shape index (κ1) is 13.8. The van der Waals surface area contributed by atoms with E-state index in [0.29, 0.717) is 17.8 Å². The summed E-state index contributed by atoms with van der Waals surface area (Å²) in [6.07, 6.45) is 2.60. The zero-order chi connectivity index (χ0) is 13.8. The molecule has 0 spiro atoms. The van der Waals surface area contributed by atoms with Crippen LogP contribution in [-0.4, -0.2) is 15.1 Å². The number of benzene rings is 1.